The quantitative estimate of drug-likeness (QED) is 0.413. The topological polar surface area (TPSA) is 63.4 Å². The highest BCUT2D eigenvalue weighted by Gasteiger charge is 2.24. The molecule has 1 atom stereocenters. The molecule has 4 aromatic rings. The molecule has 8 heteroatoms. The van der Waals surface area contributed by atoms with Crippen LogP contribution in [0.4, 0.5) is 5.69 Å². The molecule has 0 radical (unpaired) electrons. The summed E-state index contributed by atoms with van der Waals surface area (Å²) in [5, 5.41) is 4.56. The van der Waals surface area contributed by atoms with Crippen LogP contribution in [0, 0.1) is 0 Å². The number of hydrogen-bond acceptors (Lipinski definition) is 4. The Morgan fingerprint density at radius 1 is 0.824 bits per heavy atom. The minimum atomic E-state index is -1.33. The minimum Gasteiger partial charge on any atom is -0.368 e. The van der Waals surface area contributed by atoms with E-state index in [2.05, 4.69) is 22.1 Å². The maximum Gasteiger partial charge on any atom is 0.235 e. The van der Waals surface area contributed by atoms with E-state index in [1.54, 1.807) is 6.20 Å². The predicted octanol–water partition coefficient (Wildman–Crippen LogP) is 3.26. The van der Waals surface area contributed by atoms with Crippen molar-refractivity contribution >= 4 is 22.4 Å². The van der Waals surface area contributed by atoms with E-state index < -0.39 is 10.8 Å². The molecule has 2 aromatic heterocycles. The molecule has 1 aliphatic rings. The molecule has 7 nitrogen and oxygen atoms in total. The van der Waals surface area contributed by atoms with Gasteiger partial charge < -0.3 is 14.4 Å². The van der Waals surface area contributed by atoms with Gasteiger partial charge in [-0.3, -0.25) is 9.00 Å². The summed E-state index contributed by atoms with van der Waals surface area (Å²) in [5.41, 5.74) is 2.95. The van der Waals surface area contributed by atoms with Gasteiger partial charge in [-0.05, 0) is 36.4 Å². The van der Waals surface area contributed by atoms with Gasteiger partial charge in [-0.15, -0.1) is 0 Å². The van der Waals surface area contributed by atoms with Crippen LogP contribution in [0.5, 0.6) is 0 Å². The lowest BCUT2D eigenvalue weighted by molar-refractivity contribution is -0.128. The summed E-state index contributed by atoms with van der Waals surface area (Å²) in [6.07, 6.45) is 5.64. The average Bonchev–Trinajstić information content (AvgIpc) is 3.55. The molecule has 5 rings (SSSR count). The third-order valence-electron chi connectivity index (χ3n) is 6.02. The molecule has 1 aliphatic heterocycles. The van der Waals surface area contributed by atoms with E-state index in [1.807, 2.05) is 87.2 Å². The van der Waals surface area contributed by atoms with Crippen LogP contribution in [0.25, 0.3) is 11.5 Å². The van der Waals surface area contributed by atoms with E-state index in [-0.39, 0.29) is 17.4 Å². The fourth-order valence-electron chi connectivity index (χ4n) is 4.29. The number of anilines is 1. The van der Waals surface area contributed by atoms with Gasteiger partial charge in [0.1, 0.15) is 11.6 Å². The van der Waals surface area contributed by atoms with Gasteiger partial charge in [0.15, 0.2) is 0 Å². The third kappa shape index (κ3) is 4.82. The second-order valence-electron chi connectivity index (χ2n) is 8.26. The Balaban J connectivity index is 1.25. The van der Waals surface area contributed by atoms with Crippen molar-refractivity contribution in [1.29, 1.82) is 0 Å². The van der Waals surface area contributed by atoms with E-state index in [4.69, 9.17) is 0 Å². The molecular weight excluding hydrogens is 446 g/mol. The molecular formula is C26H27N5O2S. The zero-order chi connectivity index (χ0) is 23.3. The van der Waals surface area contributed by atoms with Gasteiger partial charge in [-0.2, -0.15) is 5.10 Å². The van der Waals surface area contributed by atoms with Crippen LogP contribution in [0.3, 0.4) is 0 Å². The van der Waals surface area contributed by atoms with Crippen LogP contribution >= 0.6 is 0 Å². The first-order chi connectivity index (χ1) is 16.7. The van der Waals surface area contributed by atoms with Crippen molar-refractivity contribution in [3.05, 3.63) is 97.0 Å². The Bertz CT molecular complexity index is 1250. The normalized spacial score (nSPS) is 14.8. The van der Waals surface area contributed by atoms with Crippen LogP contribution in [0.15, 0.2) is 91.4 Å². The number of para-hydroxylation sites is 2. The van der Waals surface area contributed by atoms with Crippen molar-refractivity contribution in [1.82, 2.24) is 19.2 Å². The minimum absolute atomic E-state index is 0.0208. The van der Waals surface area contributed by atoms with Gasteiger partial charge in [0.25, 0.3) is 0 Å². The van der Waals surface area contributed by atoms with Gasteiger partial charge in [-0.25, -0.2) is 4.68 Å². The maximum atomic E-state index is 13.0. The van der Waals surface area contributed by atoms with Crippen molar-refractivity contribution in [3.8, 4) is 11.5 Å². The van der Waals surface area contributed by atoms with Crippen LogP contribution in [0.2, 0.25) is 0 Å². The van der Waals surface area contributed by atoms with Crippen LogP contribution in [0.1, 0.15) is 5.56 Å². The van der Waals surface area contributed by atoms with E-state index in [9.17, 15) is 9.00 Å². The van der Waals surface area contributed by atoms with Crippen molar-refractivity contribution in [2.75, 3.05) is 36.8 Å². The lowest BCUT2D eigenvalue weighted by atomic mass is 10.2. The van der Waals surface area contributed by atoms with Gasteiger partial charge in [-0.1, -0.05) is 36.4 Å². The SMILES string of the molecule is O=C(C[S@@](=O)Cc1cnn(-c2ccccc2)c1-n1cccc1)N1CCN(c2ccccc2)CC1. The van der Waals surface area contributed by atoms with E-state index in [1.165, 1.54) is 5.69 Å². The molecule has 0 saturated carbocycles. The highest BCUT2D eigenvalue weighted by molar-refractivity contribution is 7.84. The molecule has 0 unspecified atom stereocenters. The van der Waals surface area contributed by atoms with E-state index in [0.717, 1.165) is 30.2 Å². The molecule has 1 saturated heterocycles. The third-order valence-corrected chi connectivity index (χ3v) is 7.22. The second-order valence-corrected chi connectivity index (χ2v) is 9.72. The fraction of sp³-hybridized carbons (Fsp3) is 0.231. The zero-order valence-electron chi connectivity index (χ0n) is 18.9. The number of aromatic nitrogens is 3. The number of rotatable bonds is 7. The standard InChI is InChI=1S/C26H27N5O2S/c32-25(29-17-15-28(16-18-29)23-9-3-1-4-10-23)21-34(33)20-22-19-27-31(24-11-5-2-6-12-24)26(22)30-13-7-8-14-30/h1-14,19H,15-18,20-21H2/t34-/m0/s1. The second kappa shape index (κ2) is 10.1. The monoisotopic (exact) mass is 473 g/mol. The smallest absolute Gasteiger partial charge is 0.235 e. The first-order valence-corrected chi connectivity index (χ1v) is 12.9. The van der Waals surface area contributed by atoms with Gasteiger partial charge >= 0.3 is 0 Å². The largest absolute Gasteiger partial charge is 0.368 e. The van der Waals surface area contributed by atoms with Crippen molar-refractivity contribution in [3.63, 3.8) is 0 Å². The van der Waals surface area contributed by atoms with Crippen molar-refractivity contribution < 1.29 is 9.00 Å². The number of benzene rings is 2. The summed E-state index contributed by atoms with van der Waals surface area (Å²) in [6.45, 7) is 2.85. The first-order valence-electron chi connectivity index (χ1n) is 11.4. The van der Waals surface area contributed by atoms with Gasteiger partial charge in [0.2, 0.25) is 5.91 Å². The Hall–Kier alpha value is -3.65. The van der Waals surface area contributed by atoms with Crippen molar-refractivity contribution in [2.45, 2.75) is 5.75 Å². The Morgan fingerprint density at radius 3 is 2.09 bits per heavy atom. The Morgan fingerprint density at radius 2 is 1.44 bits per heavy atom. The molecule has 0 aliphatic carbocycles. The molecule has 1 fully saturated rings. The highest BCUT2D eigenvalue weighted by Crippen LogP contribution is 2.21. The van der Waals surface area contributed by atoms with Crippen LogP contribution < -0.4 is 4.90 Å². The number of piperazine rings is 1. The number of carbonyl (C=O) groups excluding carboxylic acids is 1. The predicted molar refractivity (Wildman–Crippen MR) is 135 cm³/mol. The summed E-state index contributed by atoms with van der Waals surface area (Å²) < 4.78 is 16.8. The molecule has 0 spiro atoms. The summed E-state index contributed by atoms with van der Waals surface area (Å²) in [5.74, 6) is 1.08. The first kappa shape index (κ1) is 22.2. The molecule has 0 bridgehead atoms. The summed E-state index contributed by atoms with van der Waals surface area (Å²) in [7, 11) is -1.33. The average molecular weight is 474 g/mol. The Labute approximate surface area is 201 Å². The van der Waals surface area contributed by atoms with Gasteiger partial charge in [0.05, 0.1) is 17.6 Å². The van der Waals surface area contributed by atoms with E-state index >= 15 is 0 Å². The molecule has 34 heavy (non-hydrogen) atoms. The molecule has 3 heterocycles. The van der Waals surface area contributed by atoms with Crippen molar-refractivity contribution in [2.24, 2.45) is 0 Å². The lowest BCUT2D eigenvalue weighted by Crippen LogP contribution is -2.50. The van der Waals surface area contributed by atoms with Crippen LogP contribution in [-0.4, -0.2) is 61.3 Å². The van der Waals surface area contributed by atoms with E-state index in [0.29, 0.717) is 13.1 Å². The summed E-state index contributed by atoms with van der Waals surface area (Å²) >= 11 is 0. The summed E-state index contributed by atoms with van der Waals surface area (Å²) in [4.78, 5) is 17.0. The molecule has 0 N–H and O–H groups in total. The number of nitrogens with zero attached hydrogens (tertiary/aromatic N) is 5. The molecule has 1 amide bonds. The Kier molecular flexibility index (Phi) is 6.58. The molecule has 2 aromatic carbocycles. The molecule has 174 valence electrons. The fourth-order valence-corrected chi connectivity index (χ4v) is 5.40. The zero-order valence-corrected chi connectivity index (χ0v) is 19.7. The number of amides is 1. The number of hydrogen-bond donors (Lipinski definition) is 0. The highest BCUT2D eigenvalue weighted by atomic mass is 32.2. The lowest BCUT2D eigenvalue weighted by Gasteiger charge is -2.36. The summed E-state index contributed by atoms with van der Waals surface area (Å²) in [6, 6.07) is 24.0. The van der Waals surface area contributed by atoms with Crippen LogP contribution in [-0.2, 0) is 21.3 Å². The maximum absolute atomic E-state index is 13.0. The number of carbonyl (C=O) groups is 1. The van der Waals surface area contributed by atoms with Gasteiger partial charge in [0, 0.05) is 60.6 Å².